The van der Waals surface area contributed by atoms with Gasteiger partial charge in [-0.15, -0.1) is 0 Å². The third kappa shape index (κ3) is 5.07. The molecule has 0 spiro atoms. The van der Waals surface area contributed by atoms with E-state index in [-0.39, 0.29) is 16.2 Å². The number of nitrogens with zero attached hydrogens (tertiary/aromatic N) is 3. The number of benzene rings is 1. The lowest BCUT2D eigenvalue weighted by Gasteiger charge is -2.20. The van der Waals surface area contributed by atoms with Gasteiger partial charge in [0.25, 0.3) is 6.43 Å². The number of hydrogen-bond donors (Lipinski definition) is 0. The largest absolute Gasteiger partial charge is 0.494 e. The van der Waals surface area contributed by atoms with Crippen molar-refractivity contribution in [2.45, 2.75) is 32.9 Å². The molecule has 1 aromatic carbocycles. The van der Waals surface area contributed by atoms with Gasteiger partial charge in [0.1, 0.15) is 15.6 Å². The molecule has 2 heterocycles. The molecule has 0 amide bonds. The second-order valence-electron chi connectivity index (χ2n) is 7.22. The summed E-state index contributed by atoms with van der Waals surface area (Å²) in [6, 6.07) is 5.46. The van der Waals surface area contributed by atoms with Crippen LogP contribution >= 0.6 is 11.6 Å². The maximum atomic E-state index is 13.2. The normalized spacial score (nSPS) is 13.1. The predicted molar refractivity (Wildman–Crippen MR) is 115 cm³/mol. The maximum absolute atomic E-state index is 13.2. The summed E-state index contributed by atoms with van der Waals surface area (Å²) in [7, 11) is -3.57. The van der Waals surface area contributed by atoms with Gasteiger partial charge in [-0.1, -0.05) is 23.7 Å². The number of alkyl halides is 2. The molecule has 0 aliphatic heterocycles. The monoisotopic (exact) mass is 473 g/mol. The zero-order valence-corrected chi connectivity index (χ0v) is 18.8. The second kappa shape index (κ2) is 8.96. The van der Waals surface area contributed by atoms with Crippen LogP contribution in [0.3, 0.4) is 0 Å². The molecule has 0 aliphatic rings. The zero-order valence-electron chi connectivity index (χ0n) is 17.2. The van der Waals surface area contributed by atoms with Crippen molar-refractivity contribution in [1.82, 2.24) is 14.1 Å². The fourth-order valence-corrected chi connectivity index (χ4v) is 4.53. The minimum absolute atomic E-state index is 0.0715. The van der Waals surface area contributed by atoms with Crippen molar-refractivity contribution in [3.63, 3.8) is 0 Å². The van der Waals surface area contributed by atoms with Crippen LogP contribution in [0.2, 0.25) is 5.02 Å². The van der Waals surface area contributed by atoms with Gasteiger partial charge in [-0.05, 0) is 37.1 Å². The van der Waals surface area contributed by atoms with Crippen molar-refractivity contribution in [2.75, 3.05) is 18.6 Å². The number of pyridine rings is 1. The first-order valence-corrected chi connectivity index (χ1v) is 11.9. The van der Waals surface area contributed by atoms with Crippen LogP contribution in [0.25, 0.3) is 11.2 Å². The molecule has 1 atom stereocenters. The Kier molecular flexibility index (Phi) is 6.70. The van der Waals surface area contributed by atoms with E-state index in [1.807, 2.05) is 13.8 Å². The lowest BCUT2D eigenvalue weighted by molar-refractivity contribution is 0.126. The van der Waals surface area contributed by atoms with Gasteiger partial charge >= 0.3 is 5.69 Å². The minimum atomic E-state index is -3.57. The highest BCUT2D eigenvalue weighted by Crippen LogP contribution is 2.29. The molecule has 3 aromatic rings. The van der Waals surface area contributed by atoms with Crippen LogP contribution in [-0.4, -0.2) is 47.6 Å². The van der Waals surface area contributed by atoms with E-state index in [2.05, 4.69) is 4.98 Å². The third-order valence-electron chi connectivity index (χ3n) is 4.76. The van der Waals surface area contributed by atoms with E-state index in [0.29, 0.717) is 17.9 Å². The molecule has 0 aliphatic carbocycles. The number of aryl methyl sites for hydroxylation is 1. The Morgan fingerprint density at radius 2 is 1.97 bits per heavy atom. The summed E-state index contributed by atoms with van der Waals surface area (Å²) < 4.78 is 58.4. The van der Waals surface area contributed by atoms with Gasteiger partial charge in [0.2, 0.25) is 0 Å². The van der Waals surface area contributed by atoms with Crippen LogP contribution in [0.5, 0.6) is 5.75 Å². The molecule has 0 fully saturated rings. The number of rotatable bonds is 8. The molecule has 0 saturated carbocycles. The van der Waals surface area contributed by atoms with E-state index < -0.39 is 40.3 Å². The number of ether oxygens (including phenoxy) is 1. The van der Waals surface area contributed by atoms with Gasteiger partial charge in [0.15, 0.2) is 5.65 Å². The van der Waals surface area contributed by atoms with Crippen LogP contribution in [0, 0.1) is 6.92 Å². The first kappa shape index (κ1) is 23.2. The first-order chi connectivity index (χ1) is 14.5. The van der Waals surface area contributed by atoms with E-state index >= 15 is 0 Å². The van der Waals surface area contributed by atoms with Gasteiger partial charge in [-0.2, -0.15) is 0 Å². The molecule has 31 heavy (non-hydrogen) atoms. The zero-order chi connectivity index (χ0) is 22.9. The average molecular weight is 474 g/mol. The summed E-state index contributed by atoms with van der Waals surface area (Å²) in [6.45, 7) is 3.18. The Labute approximate surface area is 183 Å². The number of hydrogen-bond acceptors (Lipinski definition) is 5. The quantitative estimate of drug-likeness (QED) is 0.500. The Bertz CT molecular complexity index is 1270. The smallest absolute Gasteiger partial charge is 0.331 e. The van der Waals surface area contributed by atoms with Crippen LogP contribution in [0.4, 0.5) is 8.78 Å². The fourth-order valence-electron chi connectivity index (χ4n) is 3.47. The first-order valence-electron chi connectivity index (χ1n) is 9.47. The van der Waals surface area contributed by atoms with Crippen molar-refractivity contribution in [1.29, 1.82) is 0 Å². The third-order valence-corrected chi connectivity index (χ3v) is 5.89. The average Bonchev–Trinajstić information content (AvgIpc) is 2.92. The molecule has 7 nitrogen and oxygen atoms in total. The number of halogens is 3. The van der Waals surface area contributed by atoms with E-state index in [1.165, 1.54) is 12.3 Å². The molecule has 11 heteroatoms. The minimum Gasteiger partial charge on any atom is -0.494 e. The molecule has 168 valence electrons. The number of fused-ring (bicyclic) bond motifs is 1. The highest BCUT2D eigenvalue weighted by molar-refractivity contribution is 7.90. The van der Waals surface area contributed by atoms with Crippen molar-refractivity contribution in [2.24, 2.45) is 0 Å². The number of aromatic nitrogens is 3. The van der Waals surface area contributed by atoms with E-state index in [9.17, 15) is 22.0 Å². The number of imidazole rings is 1. The van der Waals surface area contributed by atoms with Crippen molar-refractivity contribution in [3.05, 3.63) is 57.1 Å². The highest BCUT2D eigenvalue weighted by atomic mass is 35.5. The predicted octanol–water partition coefficient (Wildman–Crippen LogP) is 3.46. The molecule has 0 saturated heterocycles. The van der Waals surface area contributed by atoms with Crippen molar-refractivity contribution in [3.8, 4) is 5.75 Å². The highest BCUT2D eigenvalue weighted by Gasteiger charge is 2.28. The van der Waals surface area contributed by atoms with E-state index in [0.717, 1.165) is 21.0 Å². The van der Waals surface area contributed by atoms with Gasteiger partial charge in [0.05, 0.1) is 35.5 Å². The molecule has 0 radical (unpaired) electrons. The molecule has 0 N–H and O–H groups in total. The van der Waals surface area contributed by atoms with Gasteiger partial charge < -0.3 is 4.74 Å². The molecular weight excluding hydrogens is 452 g/mol. The van der Waals surface area contributed by atoms with E-state index in [1.54, 1.807) is 18.2 Å². The van der Waals surface area contributed by atoms with Crippen LogP contribution < -0.4 is 10.4 Å². The maximum Gasteiger partial charge on any atom is 0.331 e. The summed E-state index contributed by atoms with van der Waals surface area (Å²) in [6.07, 6.45) is -0.469. The summed E-state index contributed by atoms with van der Waals surface area (Å²) in [5, 5.41) is 0.168. The van der Waals surface area contributed by atoms with Gasteiger partial charge in [-0.25, -0.2) is 27.0 Å². The van der Waals surface area contributed by atoms with Gasteiger partial charge in [0, 0.05) is 12.5 Å². The van der Waals surface area contributed by atoms with Crippen LogP contribution in [-0.2, 0) is 16.4 Å². The summed E-state index contributed by atoms with van der Waals surface area (Å²) in [4.78, 5) is 17.4. The van der Waals surface area contributed by atoms with Crippen molar-refractivity contribution >= 4 is 32.6 Å². The van der Waals surface area contributed by atoms with Gasteiger partial charge in [-0.3, -0.25) is 9.13 Å². The standard InChI is InChI=1S/C20H22ClF2N3O4S/c1-4-30-17-7-13(6-5-12(17)2)16(11-31(3,28)29)26-19-15(8-14(21)9-24-19)25(20(26)27)10-18(22)23/h5-9,16,18H,4,10-11H2,1-3H3/t16-/m1/s1. The lowest BCUT2D eigenvalue weighted by atomic mass is 10.1. The van der Waals surface area contributed by atoms with Crippen molar-refractivity contribution < 1.29 is 21.9 Å². The molecule has 0 unspecified atom stereocenters. The Balaban J connectivity index is 2.32. The lowest BCUT2D eigenvalue weighted by Crippen LogP contribution is -2.32. The topological polar surface area (TPSA) is 83.2 Å². The molecule has 0 bridgehead atoms. The second-order valence-corrected chi connectivity index (χ2v) is 9.84. The van der Waals surface area contributed by atoms with Crippen LogP contribution in [0.15, 0.2) is 35.3 Å². The molecular formula is C20H22ClF2N3O4S. The summed E-state index contributed by atoms with van der Waals surface area (Å²) in [5.74, 6) is 0.110. The molecule has 2 aromatic heterocycles. The summed E-state index contributed by atoms with van der Waals surface area (Å²) in [5.41, 5.74) is 0.698. The van der Waals surface area contributed by atoms with E-state index in [4.69, 9.17) is 16.3 Å². The van der Waals surface area contributed by atoms with Crippen LogP contribution in [0.1, 0.15) is 24.1 Å². The SMILES string of the molecule is CCOc1cc([C@@H](CS(C)(=O)=O)n2c(=O)n(CC(F)F)c3cc(Cl)cnc32)ccc1C. The Hall–Kier alpha value is -2.46. The fraction of sp³-hybridized carbons (Fsp3) is 0.400. The molecule has 3 rings (SSSR count). The summed E-state index contributed by atoms with van der Waals surface area (Å²) >= 11 is 5.98. The Morgan fingerprint density at radius 3 is 2.58 bits per heavy atom. The Morgan fingerprint density at radius 1 is 1.26 bits per heavy atom. The number of sulfone groups is 1.